The highest BCUT2D eigenvalue weighted by Gasteiger charge is 2.20. The molecule has 1 aromatic carbocycles. The van der Waals surface area contributed by atoms with Gasteiger partial charge in [-0.25, -0.2) is 18.7 Å². The molecule has 0 fully saturated rings. The topological polar surface area (TPSA) is 88.1 Å². The molecule has 2 heterocycles. The number of halogens is 1. The Bertz CT molecular complexity index is 1130. The Morgan fingerprint density at radius 3 is 2.63 bits per heavy atom. The quantitative estimate of drug-likeness (QED) is 0.480. The number of hydrogen-bond acceptors (Lipinski definition) is 5. The van der Waals surface area contributed by atoms with Gasteiger partial charge >= 0.3 is 11.7 Å². The number of rotatable bonds is 6. The van der Waals surface area contributed by atoms with Gasteiger partial charge in [0.15, 0.2) is 11.2 Å². The second-order valence-corrected chi connectivity index (χ2v) is 5.65. The summed E-state index contributed by atoms with van der Waals surface area (Å²) < 4.78 is 21.7. The van der Waals surface area contributed by atoms with Gasteiger partial charge in [-0.3, -0.25) is 14.2 Å². The number of ether oxygens (including phenoxy) is 1. The van der Waals surface area contributed by atoms with Crippen molar-refractivity contribution in [3.8, 4) is 5.69 Å². The number of nitrogens with zero attached hydrogens (tertiary/aromatic N) is 4. The molecule has 0 unspecified atom stereocenters. The van der Waals surface area contributed by atoms with Crippen molar-refractivity contribution in [2.45, 2.75) is 20.0 Å². The van der Waals surface area contributed by atoms with Gasteiger partial charge in [-0.1, -0.05) is 6.08 Å². The van der Waals surface area contributed by atoms with Crippen LogP contribution in [0.1, 0.15) is 6.92 Å². The molecule has 0 atom stereocenters. The number of carbonyl (C=O) groups is 1. The fourth-order valence-corrected chi connectivity index (χ4v) is 2.76. The van der Waals surface area contributed by atoms with Gasteiger partial charge < -0.3 is 9.30 Å². The van der Waals surface area contributed by atoms with Crippen molar-refractivity contribution >= 4 is 17.1 Å². The molecule has 140 valence electrons. The summed E-state index contributed by atoms with van der Waals surface area (Å²) in [5.41, 5.74) is -0.768. The summed E-state index contributed by atoms with van der Waals surface area (Å²) in [6.07, 6.45) is 2.70. The Labute approximate surface area is 152 Å². The van der Waals surface area contributed by atoms with Crippen molar-refractivity contribution in [3.63, 3.8) is 0 Å². The average Bonchev–Trinajstić information content (AvgIpc) is 3.04. The third kappa shape index (κ3) is 3.31. The number of esters is 1. The van der Waals surface area contributed by atoms with Crippen molar-refractivity contribution in [2.75, 3.05) is 6.61 Å². The van der Waals surface area contributed by atoms with E-state index >= 15 is 0 Å². The van der Waals surface area contributed by atoms with Gasteiger partial charge in [-0.2, -0.15) is 0 Å². The van der Waals surface area contributed by atoms with Gasteiger partial charge in [-0.05, 0) is 31.2 Å². The molecular formula is C18H17FN4O4. The van der Waals surface area contributed by atoms with Crippen LogP contribution in [0, 0.1) is 5.82 Å². The molecule has 0 radical (unpaired) electrons. The van der Waals surface area contributed by atoms with Crippen LogP contribution < -0.4 is 11.2 Å². The lowest BCUT2D eigenvalue weighted by atomic mass is 10.3. The monoisotopic (exact) mass is 372 g/mol. The van der Waals surface area contributed by atoms with Crippen LogP contribution in [0.4, 0.5) is 4.39 Å². The van der Waals surface area contributed by atoms with Gasteiger partial charge in [0.05, 0.1) is 18.6 Å². The minimum Gasteiger partial charge on any atom is -0.465 e. The number of allylic oxidation sites excluding steroid dienone is 1. The Hall–Kier alpha value is -3.49. The van der Waals surface area contributed by atoms with Crippen LogP contribution in [-0.2, 0) is 22.6 Å². The summed E-state index contributed by atoms with van der Waals surface area (Å²) in [6, 6.07) is 5.21. The van der Waals surface area contributed by atoms with Crippen molar-refractivity contribution in [3.05, 3.63) is 69.9 Å². The second-order valence-electron chi connectivity index (χ2n) is 5.65. The van der Waals surface area contributed by atoms with E-state index in [1.165, 1.54) is 45.8 Å². The van der Waals surface area contributed by atoms with Crippen LogP contribution in [0.15, 0.2) is 52.8 Å². The van der Waals surface area contributed by atoms with E-state index in [-0.39, 0.29) is 30.9 Å². The number of benzene rings is 1. The van der Waals surface area contributed by atoms with Crippen LogP contribution >= 0.6 is 0 Å². The van der Waals surface area contributed by atoms with E-state index in [1.54, 1.807) is 6.92 Å². The molecule has 0 bridgehead atoms. The van der Waals surface area contributed by atoms with Gasteiger partial charge in [0.25, 0.3) is 5.56 Å². The zero-order valence-corrected chi connectivity index (χ0v) is 14.6. The SMILES string of the molecule is C=CCn1c(=O)c2c(ncn2CC(=O)OCC)n(-c2ccc(F)cc2)c1=O. The van der Waals surface area contributed by atoms with E-state index in [4.69, 9.17) is 4.74 Å². The fourth-order valence-electron chi connectivity index (χ4n) is 2.76. The molecular weight excluding hydrogens is 355 g/mol. The molecule has 3 rings (SSSR count). The molecule has 2 aromatic heterocycles. The normalized spacial score (nSPS) is 10.9. The highest BCUT2D eigenvalue weighted by atomic mass is 19.1. The Morgan fingerprint density at radius 1 is 1.30 bits per heavy atom. The lowest BCUT2D eigenvalue weighted by Gasteiger charge is -2.11. The third-order valence-corrected chi connectivity index (χ3v) is 3.90. The molecule has 0 spiro atoms. The molecule has 27 heavy (non-hydrogen) atoms. The highest BCUT2D eigenvalue weighted by Crippen LogP contribution is 2.14. The second kappa shape index (κ2) is 7.40. The molecule has 0 N–H and O–H groups in total. The highest BCUT2D eigenvalue weighted by molar-refractivity contribution is 5.76. The summed E-state index contributed by atoms with van der Waals surface area (Å²) >= 11 is 0. The van der Waals surface area contributed by atoms with Gasteiger partial charge in [0.1, 0.15) is 12.4 Å². The zero-order valence-electron chi connectivity index (χ0n) is 14.6. The summed E-state index contributed by atoms with van der Waals surface area (Å²) in [7, 11) is 0. The summed E-state index contributed by atoms with van der Waals surface area (Å²) in [6.45, 7) is 5.18. The molecule has 0 aliphatic rings. The summed E-state index contributed by atoms with van der Waals surface area (Å²) in [5.74, 6) is -0.999. The predicted octanol–water partition coefficient (Wildman–Crippen LogP) is 1.24. The first-order valence-corrected chi connectivity index (χ1v) is 8.21. The first-order chi connectivity index (χ1) is 13.0. The van der Waals surface area contributed by atoms with Crippen LogP contribution in [0.5, 0.6) is 0 Å². The van der Waals surface area contributed by atoms with Gasteiger partial charge in [0.2, 0.25) is 0 Å². The maximum Gasteiger partial charge on any atom is 0.337 e. The van der Waals surface area contributed by atoms with E-state index in [9.17, 15) is 18.8 Å². The average molecular weight is 372 g/mol. The first-order valence-electron chi connectivity index (χ1n) is 8.21. The smallest absolute Gasteiger partial charge is 0.337 e. The van der Waals surface area contributed by atoms with Crippen LogP contribution in [-0.4, -0.2) is 31.3 Å². The van der Waals surface area contributed by atoms with Crippen LogP contribution in [0.3, 0.4) is 0 Å². The van der Waals surface area contributed by atoms with Crippen molar-refractivity contribution in [1.29, 1.82) is 0 Å². The minimum absolute atomic E-state index is 0.0284. The largest absolute Gasteiger partial charge is 0.465 e. The maximum absolute atomic E-state index is 13.3. The molecule has 8 nitrogen and oxygen atoms in total. The molecule has 3 aromatic rings. The molecule has 0 amide bonds. The number of hydrogen-bond donors (Lipinski definition) is 0. The number of aromatic nitrogens is 4. The van der Waals surface area contributed by atoms with Crippen molar-refractivity contribution < 1.29 is 13.9 Å². The minimum atomic E-state index is -0.639. The lowest BCUT2D eigenvalue weighted by Crippen LogP contribution is -2.40. The number of fused-ring (bicyclic) bond motifs is 1. The van der Waals surface area contributed by atoms with E-state index in [0.29, 0.717) is 5.69 Å². The Kier molecular flexibility index (Phi) is 5.02. The zero-order chi connectivity index (χ0) is 19.6. The van der Waals surface area contributed by atoms with E-state index < -0.39 is 23.0 Å². The predicted molar refractivity (Wildman–Crippen MR) is 96.4 cm³/mol. The lowest BCUT2D eigenvalue weighted by molar-refractivity contribution is -0.143. The summed E-state index contributed by atoms with van der Waals surface area (Å²) in [4.78, 5) is 41.7. The van der Waals surface area contributed by atoms with Crippen LogP contribution in [0.25, 0.3) is 16.9 Å². The molecule has 9 heteroatoms. The molecule has 0 aliphatic heterocycles. The molecule has 0 aliphatic carbocycles. The Morgan fingerprint density at radius 2 is 2.00 bits per heavy atom. The molecule has 0 saturated carbocycles. The van der Waals surface area contributed by atoms with E-state index in [2.05, 4.69) is 11.6 Å². The van der Waals surface area contributed by atoms with Gasteiger partial charge in [0, 0.05) is 6.54 Å². The first kappa shape index (κ1) is 18.3. The maximum atomic E-state index is 13.3. The number of imidazole rings is 1. The molecule has 0 saturated heterocycles. The Balaban J connectivity index is 2.31. The number of carbonyl (C=O) groups excluding carboxylic acids is 1. The van der Waals surface area contributed by atoms with E-state index in [0.717, 1.165) is 4.57 Å². The summed E-state index contributed by atoms with van der Waals surface area (Å²) in [5, 5.41) is 0. The fraction of sp³-hybridized carbons (Fsp3) is 0.222. The van der Waals surface area contributed by atoms with Gasteiger partial charge in [-0.15, -0.1) is 6.58 Å². The van der Waals surface area contributed by atoms with Crippen molar-refractivity contribution in [2.24, 2.45) is 0 Å². The van der Waals surface area contributed by atoms with E-state index in [1.807, 2.05) is 0 Å². The van der Waals surface area contributed by atoms with Crippen molar-refractivity contribution in [1.82, 2.24) is 18.7 Å². The van der Waals surface area contributed by atoms with Crippen LogP contribution in [0.2, 0.25) is 0 Å². The standard InChI is InChI=1S/C18H17FN4O4/c1-3-9-22-17(25)15-16(20-11-21(15)10-14(24)27-4-2)23(18(22)26)13-7-5-12(19)6-8-13/h3,5-8,11H,1,4,9-10H2,2H3. The third-order valence-electron chi connectivity index (χ3n) is 3.90.